The Balaban J connectivity index is 1.78. The standard InChI is InChI=1S/C15H26N4O2/c1-11(2)16-15(20)12(3)19-7-5-18(6-8-19)9-14-10-21-13(4)17-14/h10-12H,5-9H2,1-4H3,(H,16,20). The van der Waals surface area contributed by atoms with Crippen LogP contribution >= 0.6 is 0 Å². The second-order valence-corrected chi connectivity index (χ2v) is 6.01. The van der Waals surface area contributed by atoms with Gasteiger partial charge in [0.05, 0.1) is 11.7 Å². The molecule has 0 spiro atoms. The lowest BCUT2D eigenvalue weighted by molar-refractivity contribution is -0.127. The molecule has 0 saturated carbocycles. The molecule has 1 atom stereocenters. The first-order chi connectivity index (χ1) is 9.95. The van der Waals surface area contributed by atoms with Crippen LogP contribution in [-0.4, -0.2) is 59.0 Å². The SMILES string of the molecule is Cc1nc(CN2CCN(C(C)C(=O)NC(C)C)CC2)co1. The molecular weight excluding hydrogens is 268 g/mol. The largest absolute Gasteiger partial charge is 0.449 e. The van der Waals surface area contributed by atoms with Crippen molar-refractivity contribution in [1.29, 1.82) is 0 Å². The predicted molar refractivity (Wildman–Crippen MR) is 80.8 cm³/mol. The van der Waals surface area contributed by atoms with E-state index in [9.17, 15) is 4.79 Å². The van der Waals surface area contributed by atoms with Gasteiger partial charge in [0, 0.05) is 45.7 Å². The normalized spacial score (nSPS) is 18.9. The van der Waals surface area contributed by atoms with E-state index < -0.39 is 0 Å². The van der Waals surface area contributed by atoms with Gasteiger partial charge in [-0.1, -0.05) is 0 Å². The Labute approximate surface area is 126 Å². The number of carbonyl (C=O) groups is 1. The average molecular weight is 294 g/mol. The molecule has 2 heterocycles. The van der Waals surface area contributed by atoms with Gasteiger partial charge >= 0.3 is 0 Å². The van der Waals surface area contributed by atoms with E-state index in [1.54, 1.807) is 6.26 Å². The number of piperazine rings is 1. The van der Waals surface area contributed by atoms with Crippen LogP contribution in [0, 0.1) is 6.92 Å². The van der Waals surface area contributed by atoms with Crippen LogP contribution in [0.4, 0.5) is 0 Å². The zero-order valence-corrected chi connectivity index (χ0v) is 13.4. The highest BCUT2D eigenvalue weighted by molar-refractivity contribution is 5.81. The molecule has 1 aliphatic heterocycles. The monoisotopic (exact) mass is 294 g/mol. The Morgan fingerprint density at radius 1 is 1.33 bits per heavy atom. The summed E-state index contributed by atoms with van der Waals surface area (Å²) in [7, 11) is 0. The molecule has 1 saturated heterocycles. The summed E-state index contributed by atoms with van der Waals surface area (Å²) in [4.78, 5) is 21.0. The molecule has 2 rings (SSSR count). The fourth-order valence-corrected chi connectivity index (χ4v) is 2.59. The Kier molecular flexibility index (Phi) is 5.36. The first-order valence-corrected chi connectivity index (χ1v) is 7.63. The molecule has 118 valence electrons. The van der Waals surface area contributed by atoms with Crippen LogP contribution in [0.15, 0.2) is 10.7 Å². The van der Waals surface area contributed by atoms with Crippen molar-refractivity contribution in [3.63, 3.8) is 0 Å². The van der Waals surface area contributed by atoms with Crippen LogP contribution in [0.3, 0.4) is 0 Å². The van der Waals surface area contributed by atoms with Gasteiger partial charge in [0.15, 0.2) is 5.89 Å². The van der Waals surface area contributed by atoms with Crippen LogP contribution < -0.4 is 5.32 Å². The molecule has 1 aromatic rings. The van der Waals surface area contributed by atoms with Gasteiger partial charge in [-0.25, -0.2) is 4.98 Å². The maximum atomic E-state index is 12.0. The predicted octanol–water partition coefficient (Wildman–Crippen LogP) is 1.01. The lowest BCUT2D eigenvalue weighted by atomic mass is 10.2. The van der Waals surface area contributed by atoms with Crippen molar-refractivity contribution in [3.05, 3.63) is 17.8 Å². The molecule has 1 fully saturated rings. The van der Waals surface area contributed by atoms with Gasteiger partial charge in [-0.15, -0.1) is 0 Å². The number of aryl methyl sites for hydroxylation is 1. The molecular formula is C15H26N4O2. The van der Waals surface area contributed by atoms with Crippen LogP contribution in [0.25, 0.3) is 0 Å². The second-order valence-electron chi connectivity index (χ2n) is 6.01. The van der Waals surface area contributed by atoms with Gasteiger partial charge in [0.1, 0.15) is 6.26 Å². The summed E-state index contributed by atoms with van der Waals surface area (Å²) in [5.74, 6) is 0.827. The zero-order chi connectivity index (χ0) is 15.4. The van der Waals surface area contributed by atoms with E-state index >= 15 is 0 Å². The van der Waals surface area contributed by atoms with Crippen molar-refractivity contribution in [2.45, 2.75) is 46.3 Å². The quantitative estimate of drug-likeness (QED) is 0.878. The Morgan fingerprint density at radius 3 is 2.52 bits per heavy atom. The molecule has 1 aromatic heterocycles. The number of amides is 1. The minimum absolute atomic E-state index is 0.0659. The molecule has 6 heteroatoms. The van der Waals surface area contributed by atoms with E-state index in [1.807, 2.05) is 27.7 Å². The lowest BCUT2D eigenvalue weighted by Crippen LogP contribution is -2.54. The number of carbonyl (C=O) groups excluding carboxylic acids is 1. The van der Waals surface area contributed by atoms with E-state index in [4.69, 9.17) is 4.42 Å². The lowest BCUT2D eigenvalue weighted by Gasteiger charge is -2.37. The maximum absolute atomic E-state index is 12.0. The molecule has 21 heavy (non-hydrogen) atoms. The fourth-order valence-electron chi connectivity index (χ4n) is 2.59. The summed E-state index contributed by atoms with van der Waals surface area (Å²) in [6.45, 7) is 12.3. The topological polar surface area (TPSA) is 61.6 Å². The van der Waals surface area contributed by atoms with Gasteiger partial charge in [-0.05, 0) is 20.8 Å². The summed E-state index contributed by atoms with van der Waals surface area (Å²) in [6.07, 6.45) is 1.72. The second kappa shape index (κ2) is 7.04. The summed E-state index contributed by atoms with van der Waals surface area (Å²) < 4.78 is 5.23. The third-order valence-corrected chi connectivity index (χ3v) is 3.82. The van der Waals surface area contributed by atoms with Crippen molar-refractivity contribution in [3.8, 4) is 0 Å². The van der Waals surface area contributed by atoms with Gasteiger partial charge < -0.3 is 9.73 Å². The molecule has 0 radical (unpaired) electrons. The number of aromatic nitrogens is 1. The fraction of sp³-hybridized carbons (Fsp3) is 0.733. The highest BCUT2D eigenvalue weighted by atomic mass is 16.3. The number of rotatable bonds is 5. The van der Waals surface area contributed by atoms with Crippen LogP contribution in [-0.2, 0) is 11.3 Å². The smallest absolute Gasteiger partial charge is 0.237 e. The number of hydrogen-bond donors (Lipinski definition) is 1. The summed E-state index contributed by atoms with van der Waals surface area (Å²) in [6, 6.07) is 0.125. The molecule has 0 aliphatic carbocycles. The number of oxazole rings is 1. The molecule has 6 nitrogen and oxygen atoms in total. The summed E-state index contributed by atoms with van der Waals surface area (Å²) >= 11 is 0. The summed E-state index contributed by atoms with van der Waals surface area (Å²) in [5, 5.41) is 2.98. The highest BCUT2D eigenvalue weighted by Gasteiger charge is 2.26. The van der Waals surface area contributed by atoms with E-state index in [0.717, 1.165) is 38.4 Å². The van der Waals surface area contributed by atoms with Gasteiger partial charge in [-0.2, -0.15) is 0 Å². The Morgan fingerprint density at radius 2 is 2.00 bits per heavy atom. The number of hydrogen-bond acceptors (Lipinski definition) is 5. The zero-order valence-electron chi connectivity index (χ0n) is 13.4. The molecule has 0 bridgehead atoms. The molecule has 1 amide bonds. The van der Waals surface area contributed by atoms with Crippen molar-refractivity contribution >= 4 is 5.91 Å². The van der Waals surface area contributed by atoms with E-state index in [-0.39, 0.29) is 18.0 Å². The van der Waals surface area contributed by atoms with Crippen LogP contribution in [0.2, 0.25) is 0 Å². The van der Waals surface area contributed by atoms with Crippen molar-refractivity contribution in [2.75, 3.05) is 26.2 Å². The first-order valence-electron chi connectivity index (χ1n) is 7.63. The number of nitrogens with zero attached hydrogens (tertiary/aromatic N) is 3. The summed E-state index contributed by atoms with van der Waals surface area (Å²) in [5.41, 5.74) is 0.978. The number of nitrogens with one attached hydrogen (secondary N) is 1. The molecule has 1 unspecified atom stereocenters. The Bertz CT molecular complexity index is 464. The first kappa shape index (κ1) is 16.0. The Hall–Kier alpha value is -1.40. The van der Waals surface area contributed by atoms with E-state index in [1.165, 1.54) is 0 Å². The third kappa shape index (κ3) is 4.54. The molecule has 1 N–H and O–H groups in total. The maximum Gasteiger partial charge on any atom is 0.237 e. The molecule has 1 aliphatic rings. The van der Waals surface area contributed by atoms with Gasteiger partial charge in [0.2, 0.25) is 5.91 Å². The minimum Gasteiger partial charge on any atom is -0.449 e. The minimum atomic E-state index is -0.0659. The van der Waals surface area contributed by atoms with Crippen molar-refractivity contribution < 1.29 is 9.21 Å². The van der Waals surface area contributed by atoms with E-state index in [0.29, 0.717) is 5.89 Å². The average Bonchev–Trinajstić information content (AvgIpc) is 2.83. The van der Waals surface area contributed by atoms with Crippen molar-refractivity contribution in [1.82, 2.24) is 20.1 Å². The van der Waals surface area contributed by atoms with Gasteiger partial charge in [-0.3, -0.25) is 14.6 Å². The van der Waals surface area contributed by atoms with E-state index in [2.05, 4.69) is 20.1 Å². The van der Waals surface area contributed by atoms with Crippen LogP contribution in [0.5, 0.6) is 0 Å². The van der Waals surface area contributed by atoms with Crippen LogP contribution in [0.1, 0.15) is 32.4 Å². The van der Waals surface area contributed by atoms with Crippen molar-refractivity contribution in [2.24, 2.45) is 0 Å². The third-order valence-electron chi connectivity index (χ3n) is 3.82. The van der Waals surface area contributed by atoms with Gasteiger partial charge in [0.25, 0.3) is 0 Å². The molecule has 0 aromatic carbocycles. The highest BCUT2D eigenvalue weighted by Crippen LogP contribution is 2.10.